The molecule has 6 nitrogen and oxygen atoms in total. The fourth-order valence-electron chi connectivity index (χ4n) is 2.07. The van der Waals surface area contributed by atoms with Crippen molar-refractivity contribution in [1.29, 1.82) is 0 Å². The Bertz CT molecular complexity index is 880. The number of tetrazole rings is 1. The quantitative estimate of drug-likeness (QED) is 0.758. The lowest BCUT2D eigenvalue weighted by molar-refractivity contribution is 0.1000. The predicted octanol–water partition coefficient (Wildman–Crippen LogP) is 2.39. The molecule has 3 aromatic rings. The Morgan fingerprint density at radius 1 is 1.26 bits per heavy atom. The molecule has 0 atom stereocenters. The molecule has 0 aliphatic rings. The van der Waals surface area contributed by atoms with Crippen LogP contribution in [-0.2, 0) is 6.54 Å². The van der Waals surface area contributed by atoms with E-state index in [2.05, 4.69) is 31.3 Å². The van der Waals surface area contributed by atoms with Crippen LogP contribution in [0.2, 0.25) is 0 Å². The van der Waals surface area contributed by atoms with Gasteiger partial charge in [0.25, 0.3) is 0 Å². The molecule has 0 fully saturated rings. The number of hydrogen-bond donors (Lipinski definition) is 1. The van der Waals surface area contributed by atoms with E-state index in [-0.39, 0.29) is 5.82 Å². The lowest BCUT2D eigenvalue weighted by Gasteiger charge is -2.02. The molecule has 0 saturated carbocycles. The maximum atomic E-state index is 13.4. The van der Waals surface area contributed by atoms with Crippen LogP contribution >= 0.6 is 15.9 Å². The van der Waals surface area contributed by atoms with Crippen molar-refractivity contribution in [3.63, 3.8) is 0 Å². The van der Waals surface area contributed by atoms with Gasteiger partial charge in [-0.3, -0.25) is 4.79 Å². The largest absolute Gasteiger partial charge is 0.366 e. The summed E-state index contributed by atoms with van der Waals surface area (Å²) in [6.07, 6.45) is 0. The molecular weight excluding hydrogens is 365 g/mol. The summed E-state index contributed by atoms with van der Waals surface area (Å²) in [4.78, 5) is 12.6. The van der Waals surface area contributed by atoms with Gasteiger partial charge < -0.3 is 5.73 Å². The molecule has 3 rings (SSSR count). The number of halogens is 2. The summed E-state index contributed by atoms with van der Waals surface area (Å²) in [7, 11) is 0. The van der Waals surface area contributed by atoms with Crippen LogP contribution in [0.1, 0.15) is 15.9 Å². The fraction of sp³-hybridized carbons (Fsp3) is 0.0667. The number of aromatic nitrogens is 4. The van der Waals surface area contributed by atoms with E-state index < -0.39 is 5.91 Å². The molecule has 0 aliphatic carbocycles. The second-order valence-electron chi connectivity index (χ2n) is 4.83. The maximum absolute atomic E-state index is 13.4. The van der Waals surface area contributed by atoms with Crippen molar-refractivity contribution in [1.82, 2.24) is 20.2 Å². The topological polar surface area (TPSA) is 86.7 Å². The zero-order valence-corrected chi connectivity index (χ0v) is 13.4. The standard InChI is InChI=1S/C15H11BrFN5O/c16-13-5-4-11(17)7-12(13)15-19-21-22(20-15)8-9-2-1-3-10(6-9)14(18)23/h1-7H,8H2,(H2,18,23). The van der Waals surface area contributed by atoms with Crippen LogP contribution in [0.4, 0.5) is 4.39 Å². The summed E-state index contributed by atoms with van der Waals surface area (Å²) in [6.45, 7) is 0.320. The Hall–Kier alpha value is -2.61. The molecule has 0 bridgehead atoms. The number of carbonyl (C=O) groups is 1. The number of amides is 1. The summed E-state index contributed by atoms with van der Waals surface area (Å²) in [5.74, 6) is -0.570. The highest BCUT2D eigenvalue weighted by Crippen LogP contribution is 2.25. The lowest BCUT2D eigenvalue weighted by atomic mass is 10.1. The van der Waals surface area contributed by atoms with E-state index in [0.29, 0.717) is 28.0 Å². The van der Waals surface area contributed by atoms with Gasteiger partial charge in [0.05, 0.1) is 6.54 Å². The number of rotatable bonds is 4. The number of primary amides is 1. The van der Waals surface area contributed by atoms with Crippen molar-refractivity contribution in [3.8, 4) is 11.4 Å². The average molecular weight is 376 g/mol. The van der Waals surface area contributed by atoms with Crippen molar-refractivity contribution in [2.45, 2.75) is 6.54 Å². The molecule has 0 unspecified atom stereocenters. The first kappa shape index (κ1) is 15.3. The molecule has 0 radical (unpaired) electrons. The van der Waals surface area contributed by atoms with E-state index in [0.717, 1.165) is 5.56 Å². The molecule has 1 heterocycles. The molecule has 116 valence electrons. The molecule has 2 aromatic carbocycles. The third kappa shape index (κ3) is 3.42. The summed E-state index contributed by atoms with van der Waals surface area (Å²) in [6, 6.07) is 11.1. The molecular formula is C15H11BrFN5O. The van der Waals surface area contributed by atoms with E-state index in [1.165, 1.54) is 16.9 Å². The van der Waals surface area contributed by atoms with Crippen molar-refractivity contribution >= 4 is 21.8 Å². The van der Waals surface area contributed by atoms with Gasteiger partial charge in [-0.25, -0.2) is 4.39 Å². The van der Waals surface area contributed by atoms with Gasteiger partial charge in [0, 0.05) is 15.6 Å². The number of nitrogens with zero attached hydrogens (tertiary/aromatic N) is 4. The van der Waals surface area contributed by atoms with Crippen LogP contribution in [0.15, 0.2) is 46.9 Å². The maximum Gasteiger partial charge on any atom is 0.248 e. The van der Waals surface area contributed by atoms with Gasteiger partial charge in [0.1, 0.15) is 5.82 Å². The smallest absolute Gasteiger partial charge is 0.248 e. The third-order valence-corrected chi connectivity index (χ3v) is 3.85. The van der Waals surface area contributed by atoms with Crippen molar-refractivity contribution in [3.05, 3.63) is 63.9 Å². The minimum Gasteiger partial charge on any atom is -0.366 e. The molecule has 1 amide bonds. The van der Waals surface area contributed by atoms with Gasteiger partial charge in [-0.1, -0.05) is 28.1 Å². The van der Waals surface area contributed by atoms with Crippen molar-refractivity contribution < 1.29 is 9.18 Å². The van der Waals surface area contributed by atoms with Crippen LogP contribution in [0.25, 0.3) is 11.4 Å². The molecule has 0 aliphatic heterocycles. The molecule has 23 heavy (non-hydrogen) atoms. The minimum atomic E-state index is -0.497. The summed E-state index contributed by atoms with van der Waals surface area (Å²) in [5, 5.41) is 12.1. The first-order valence-electron chi connectivity index (χ1n) is 6.65. The van der Waals surface area contributed by atoms with E-state index in [9.17, 15) is 9.18 Å². The number of hydrogen-bond acceptors (Lipinski definition) is 4. The second kappa shape index (κ2) is 6.25. The Balaban J connectivity index is 1.86. The van der Waals surface area contributed by atoms with Crippen molar-refractivity contribution in [2.75, 3.05) is 0 Å². The monoisotopic (exact) mass is 375 g/mol. The molecule has 2 N–H and O–H groups in total. The van der Waals surface area contributed by atoms with E-state index in [1.54, 1.807) is 24.3 Å². The van der Waals surface area contributed by atoms with Crippen LogP contribution in [0.5, 0.6) is 0 Å². The lowest BCUT2D eigenvalue weighted by Crippen LogP contribution is -2.12. The molecule has 1 aromatic heterocycles. The predicted molar refractivity (Wildman–Crippen MR) is 85.0 cm³/mol. The van der Waals surface area contributed by atoms with Crippen LogP contribution < -0.4 is 5.73 Å². The summed E-state index contributed by atoms with van der Waals surface area (Å²) in [5.41, 5.74) is 6.99. The Kier molecular flexibility index (Phi) is 4.16. The third-order valence-electron chi connectivity index (χ3n) is 3.16. The van der Waals surface area contributed by atoms with E-state index in [4.69, 9.17) is 5.73 Å². The number of nitrogens with two attached hydrogens (primary N) is 1. The average Bonchev–Trinajstić information content (AvgIpc) is 2.98. The van der Waals surface area contributed by atoms with Crippen LogP contribution in [0.3, 0.4) is 0 Å². The van der Waals surface area contributed by atoms with E-state index >= 15 is 0 Å². The van der Waals surface area contributed by atoms with Gasteiger partial charge in [-0.15, -0.1) is 10.2 Å². The summed E-state index contributed by atoms with van der Waals surface area (Å²) >= 11 is 3.33. The van der Waals surface area contributed by atoms with Crippen molar-refractivity contribution in [2.24, 2.45) is 5.73 Å². The Morgan fingerprint density at radius 3 is 2.87 bits per heavy atom. The Labute approximate surface area is 139 Å². The highest BCUT2D eigenvalue weighted by molar-refractivity contribution is 9.10. The number of carbonyl (C=O) groups excluding carboxylic acids is 1. The molecule has 0 saturated heterocycles. The fourth-order valence-corrected chi connectivity index (χ4v) is 2.50. The normalized spacial score (nSPS) is 10.7. The highest BCUT2D eigenvalue weighted by atomic mass is 79.9. The van der Waals surface area contributed by atoms with Crippen LogP contribution in [0, 0.1) is 5.82 Å². The zero-order chi connectivity index (χ0) is 16.4. The Morgan fingerprint density at radius 2 is 2.09 bits per heavy atom. The SMILES string of the molecule is NC(=O)c1cccc(Cn2nnc(-c3cc(F)ccc3Br)n2)c1. The van der Waals surface area contributed by atoms with E-state index in [1.807, 2.05) is 6.07 Å². The second-order valence-corrected chi connectivity index (χ2v) is 5.69. The molecule has 8 heteroatoms. The first-order valence-corrected chi connectivity index (χ1v) is 7.44. The van der Waals surface area contributed by atoms with Gasteiger partial charge in [0.2, 0.25) is 11.7 Å². The minimum absolute atomic E-state index is 0.308. The number of benzene rings is 2. The first-order chi connectivity index (χ1) is 11.0. The van der Waals surface area contributed by atoms with Gasteiger partial charge in [-0.2, -0.15) is 4.80 Å². The van der Waals surface area contributed by atoms with Crippen LogP contribution in [-0.4, -0.2) is 26.1 Å². The molecule has 0 spiro atoms. The summed E-state index contributed by atoms with van der Waals surface area (Å²) < 4.78 is 14.0. The zero-order valence-electron chi connectivity index (χ0n) is 11.8. The highest BCUT2D eigenvalue weighted by Gasteiger charge is 2.11. The van der Waals surface area contributed by atoms with Gasteiger partial charge in [-0.05, 0) is 41.1 Å². The van der Waals surface area contributed by atoms with Gasteiger partial charge in [0.15, 0.2) is 0 Å². The van der Waals surface area contributed by atoms with Gasteiger partial charge >= 0.3 is 0 Å².